The lowest BCUT2D eigenvalue weighted by Gasteiger charge is -2.48. The average Bonchev–Trinajstić information content (AvgIpc) is 2.45. The molecule has 140 valence electrons. The molecule has 1 fully saturated rings. The van der Waals surface area contributed by atoms with Crippen molar-refractivity contribution in [1.82, 2.24) is 4.90 Å². The maximum atomic E-state index is 15.9. The normalized spacial score (nSPS) is 25.0. The summed E-state index contributed by atoms with van der Waals surface area (Å²) in [5.74, 6) is -3.88. The highest BCUT2D eigenvalue weighted by atomic mass is 32.2. The second kappa shape index (κ2) is 6.57. The Morgan fingerprint density at radius 3 is 2.36 bits per heavy atom. The quantitative estimate of drug-likeness (QED) is 0.644. The monoisotopic (exact) mass is 373 g/mol. The van der Waals surface area contributed by atoms with Crippen molar-refractivity contribution in [3.63, 3.8) is 0 Å². The number of alkyl halides is 1. The minimum atomic E-state index is -4.47. The number of halogens is 1. The van der Waals surface area contributed by atoms with Gasteiger partial charge >= 0.3 is 22.2 Å². The van der Waals surface area contributed by atoms with Gasteiger partial charge in [0.15, 0.2) is 0 Å². The lowest BCUT2D eigenvalue weighted by atomic mass is 9.74. The van der Waals surface area contributed by atoms with E-state index in [2.05, 4.69) is 0 Å². The molecule has 0 saturated carbocycles. The third-order valence-electron chi connectivity index (χ3n) is 4.48. The molecule has 2 rings (SSSR count). The van der Waals surface area contributed by atoms with Crippen LogP contribution in [-0.2, 0) is 14.3 Å². The highest BCUT2D eigenvalue weighted by molar-refractivity contribution is 7.86. The molecule has 1 aromatic carbocycles. The fourth-order valence-electron chi connectivity index (χ4n) is 3.18. The fraction of sp³-hybridized carbons (Fsp3) is 0.588. The van der Waals surface area contributed by atoms with Crippen LogP contribution in [0.2, 0.25) is 0 Å². The van der Waals surface area contributed by atoms with E-state index in [9.17, 15) is 18.3 Å². The molecule has 1 aliphatic rings. The first-order valence-electron chi connectivity index (χ1n) is 8.10. The van der Waals surface area contributed by atoms with Gasteiger partial charge in [-0.3, -0.25) is 4.90 Å². The molecule has 25 heavy (non-hydrogen) atoms. The zero-order valence-electron chi connectivity index (χ0n) is 14.8. The van der Waals surface area contributed by atoms with E-state index >= 15 is 4.39 Å². The lowest BCUT2D eigenvalue weighted by Crippen LogP contribution is -2.61. The predicted molar refractivity (Wildman–Crippen MR) is 90.2 cm³/mol. The van der Waals surface area contributed by atoms with Gasteiger partial charge in [-0.15, -0.1) is 0 Å². The van der Waals surface area contributed by atoms with E-state index < -0.39 is 33.5 Å². The summed E-state index contributed by atoms with van der Waals surface area (Å²) in [6.07, 6.45) is -0.781. The van der Waals surface area contributed by atoms with Crippen LogP contribution in [0.3, 0.4) is 0 Å². The van der Waals surface area contributed by atoms with E-state index in [1.54, 1.807) is 39.8 Å². The summed E-state index contributed by atoms with van der Waals surface area (Å²) >= 11 is 0. The van der Waals surface area contributed by atoms with Crippen molar-refractivity contribution in [3.05, 3.63) is 29.8 Å². The van der Waals surface area contributed by atoms with E-state index in [1.165, 1.54) is 12.1 Å². The average molecular weight is 373 g/mol. The van der Waals surface area contributed by atoms with Crippen molar-refractivity contribution in [2.24, 2.45) is 11.3 Å². The van der Waals surface area contributed by atoms with Crippen molar-refractivity contribution < 1.29 is 26.9 Å². The minimum Gasteiger partial charge on any atom is -0.465 e. The molecule has 1 heterocycles. The van der Waals surface area contributed by atoms with Crippen molar-refractivity contribution in [2.75, 3.05) is 6.54 Å². The van der Waals surface area contributed by atoms with Crippen LogP contribution in [0, 0.1) is 18.3 Å². The summed E-state index contributed by atoms with van der Waals surface area (Å²) in [5.41, 5.74) is 0.150. The smallest absolute Gasteiger partial charge is 0.411 e. The maximum Gasteiger partial charge on any atom is 0.411 e. The second-order valence-electron chi connectivity index (χ2n) is 7.45. The predicted octanol–water partition coefficient (Wildman–Crippen LogP) is 3.76. The zero-order chi connectivity index (χ0) is 19.0. The number of carbonyl (C=O) groups is 1. The van der Waals surface area contributed by atoms with Crippen LogP contribution in [0.4, 0.5) is 9.18 Å². The van der Waals surface area contributed by atoms with Gasteiger partial charge < -0.3 is 5.11 Å². The summed E-state index contributed by atoms with van der Waals surface area (Å²) in [4.78, 5) is 11.8. The summed E-state index contributed by atoms with van der Waals surface area (Å²) in [6.45, 7) is 6.87. The van der Waals surface area contributed by atoms with Crippen molar-refractivity contribution in [2.45, 2.75) is 51.4 Å². The largest absolute Gasteiger partial charge is 0.465 e. The Kier molecular flexibility index (Phi) is 5.16. The second-order valence-corrected chi connectivity index (χ2v) is 9.00. The van der Waals surface area contributed by atoms with Gasteiger partial charge in [-0.2, -0.15) is 12.8 Å². The number of likely N-dealkylation sites (tertiary alicyclic amines) is 1. The Morgan fingerprint density at radius 1 is 1.32 bits per heavy atom. The molecule has 0 aliphatic carbocycles. The first kappa shape index (κ1) is 19.7. The third-order valence-corrected chi connectivity index (χ3v) is 5.79. The molecular formula is C17H24FNO5S. The first-order valence-corrected chi connectivity index (χ1v) is 9.50. The van der Waals surface area contributed by atoms with E-state index in [1.807, 2.05) is 0 Å². The van der Waals surface area contributed by atoms with E-state index in [0.29, 0.717) is 17.7 Å². The van der Waals surface area contributed by atoms with Crippen LogP contribution in [0.15, 0.2) is 29.2 Å². The molecule has 1 aliphatic heterocycles. The number of piperidine rings is 1. The summed E-state index contributed by atoms with van der Waals surface area (Å²) in [7, 11) is -4.47. The number of hydrogen-bond acceptors (Lipinski definition) is 4. The van der Waals surface area contributed by atoms with Crippen molar-refractivity contribution in [1.29, 1.82) is 0 Å². The molecule has 1 amide bonds. The molecule has 1 aromatic rings. The highest BCUT2D eigenvalue weighted by Gasteiger charge is 2.57. The molecule has 0 aromatic heterocycles. The SMILES string of the molecule is Cc1ccc(S(=O)(=O)OC2(F)C(C(C)(C)C)CCCN2C(=O)O)cc1. The van der Waals surface area contributed by atoms with Gasteiger partial charge in [0.2, 0.25) is 0 Å². The molecular weight excluding hydrogens is 349 g/mol. The summed E-state index contributed by atoms with van der Waals surface area (Å²) in [5, 5.41) is 9.37. The molecule has 0 bridgehead atoms. The van der Waals surface area contributed by atoms with Gasteiger partial charge in [-0.1, -0.05) is 38.5 Å². The van der Waals surface area contributed by atoms with Gasteiger partial charge in [0, 0.05) is 12.5 Å². The molecule has 1 N–H and O–H groups in total. The maximum absolute atomic E-state index is 15.9. The van der Waals surface area contributed by atoms with Gasteiger partial charge in [-0.25, -0.2) is 8.98 Å². The molecule has 8 heteroatoms. The van der Waals surface area contributed by atoms with Gasteiger partial charge in [0.25, 0.3) is 0 Å². The summed E-state index contributed by atoms with van der Waals surface area (Å²) < 4.78 is 46.0. The molecule has 2 atom stereocenters. The fourth-order valence-corrected chi connectivity index (χ4v) is 4.25. The Labute approximate surface area is 147 Å². The van der Waals surface area contributed by atoms with E-state index in [4.69, 9.17) is 4.18 Å². The molecule has 0 spiro atoms. The lowest BCUT2D eigenvalue weighted by molar-refractivity contribution is -0.242. The van der Waals surface area contributed by atoms with Crippen LogP contribution < -0.4 is 0 Å². The minimum absolute atomic E-state index is 0.123. The molecule has 0 radical (unpaired) electrons. The number of rotatable bonds is 3. The Bertz CT molecular complexity index is 741. The van der Waals surface area contributed by atoms with Gasteiger partial charge in [0.1, 0.15) is 0 Å². The number of aryl methyl sites for hydroxylation is 1. The molecule has 1 saturated heterocycles. The van der Waals surface area contributed by atoms with Crippen LogP contribution in [0.5, 0.6) is 0 Å². The number of nitrogens with zero attached hydrogens (tertiary/aromatic N) is 1. The Balaban J connectivity index is 2.48. The van der Waals surface area contributed by atoms with E-state index in [-0.39, 0.29) is 11.4 Å². The van der Waals surface area contributed by atoms with Gasteiger partial charge in [0.05, 0.1) is 4.90 Å². The topological polar surface area (TPSA) is 83.9 Å². The van der Waals surface area contributed by atoms with Crippen LogP contribution >= 0.6 is 0 Å². The third kappa shape index (κ3) is 3.95. The first-order chi connectivity index (χ1) is 11.4. The van der Waals surface area contributed by atoms with Gasteiger partial charge in [-0.05, 0) is 37.3 Å². The Hall–Kier alpha value is -1.67. The van der Waals surface area contributed by atoms with Crippen LogP contribution in [0.1, 0.15) is 39.2 Å². The summed E-state index contributed by atoms with van der Waals surface area (Å²) in [6, 6.07) is 5.76. The molecule has 6 nitrogen and oxygen atoms in total. The zero-order valence-corrected chi connectivity index (χ0v) is 15.6. The molecule has 2 unspecified atom stereocenters. The van der Waals surface area contributed by atoms with E-state index in [0.717, 1.165) is 5.56 Å². The van der Waals surface area contributed by atoms with Crippen molar-refractivity contribution in [3.8, 4) is 0 Å². The Morgan fingerprint density at radius 2 is 1.88 bits per heavy atom. The number of hydrogen-bond donors (Lipinski definition) is 1. The number of benzene rings is 1. The van der Waals surface area contributed by atoms with Crippen LogP contribution in [0.25, 0.3) is 0 Å². The number of carboxylic acid groups (broad SMARTS) is 1. The van der Waals surface area contributed by atoms with Crippen LogP contribution in [-0.4, -0.2) is 37.0 Å². The standard InChI is InChI=1S/C17H24FNO5S/c1-12-7-9-13(10-8-12)25(22,23)24-17(18)14(16(2,3)4)6-5-11-19(17)15(20)21/h7-10,14H,5-6,11H2,1-4H3,(H,20,21). The van der Waals surface area contributed by atoms with Crippen molar-refractivity contribution >= 4 is 16.2 Å². The number of amides is 1. The highest BCUT2D eigenvalue weighted by Crippen LogP contribution is 2.47.